The summed E-state index contributed by atoms with van der Waals surface area (Å²) >= 11 is 0. The molecule has 1 aromatic heterocycles. The van der Waals surface area contributed by atoms with Crippen molar-refractivity contribution in [3.8, 4) is 0 Å². The molecule has 8 heteroatoms. The number of nitrogens with one attached hydrogen (secondary N) is 1. The summed E-state index contributed by atoms with van der Waals surface area (Å²) in [5.74, 6) is -0.00813. The van der Waals surface area contributed by atoms with Crippen LogP contribution in [-0.2, 0) is 17.8 Å². The van der Waals surface area contributed by atoms with Crippen LogP contribution in [0.25, 0.3) is 0 Å². The molecule has 2 heterocycles. The third-order valence-corrected chi connectivity index (χ3v) is 5.72. The second-order valence-corrected chi connectivity index (χ2v) is 8.71. The lowest BCUT2D eigenvalue weighted by molar-refractivity contribution is -0.117. The highest BCUT2D eigenvalue weighted by molar-refractivity contribution is 5.98. The first-order valence-electron chi connectivity index (χ1n) is 11.0. The number of hydrogen-bond donors (Lipinski definition) is 2. The Kier molecular flexibility index (Phi) is 6.87. The highest BCUT2D eigenvalue weighted by Gasteiger charge is 2.31. The van der Waals surface area contributed by atoms with Crippen LogP contribution < -0.4 is 26.8 Å². The second kappa shape index (κ2) is 9.41. The Morgan fingerprint density at radius 3 is 2.68 bits per heavy atom. The number of anilines is 3. The minimum atomic E-state index is -0.623. The fraction of sp³-hybridized carbons (Fsp3) is 0.522. The number of H-pyrrole nitrogens is 1. The van der Waals surface area contributed by atoms with Gasteiger partial charge in [-0.05, 0) is 37.3 Å². The van der Waals surface area contributed by atoms with E-state index in [1.807, 2.05) is 39.0 Å². The number of nitrogens with two attached hydrogens (primary N) is 1. The molecule has 0 saturated heterocycles. The maximum Gasteiger partial charge on any atom is 0.330 e. The molecule has 8 nitrogen and oxygen atoms in total. The van der Waals surface area contributed by atoms with Gasteiger partial charge in [0.25, 0.3) is 5.56 Å². The van der Waals surface area contributed by atoms with Gasteiger partial charge in [0, 0.05) is 24.8 Å². The summed E-state index contributed by atoms with van der Waals surface area (Å²) in [6.07, 6.45) is 2.46. The molecule has 0 fully saturated rings. The van der Waals surface area contributed by atoms with E-state index >= 15 is 0 Å². The average molecular weight is 428 g/mol. The largest absolute Gasteiger partial charge is 0.383 e. The molecule has 1 amide bonds. The fourth-order valence-corrected chi connectivity index (χ4v) is 4.16. The highest BCUT2D eigenvalue weighted by Crippen LogP contribution is 2.32. The lowest BCUT2D eigenvalue weighted by atomic mass is 10.1. The lowest BCUT2D eigenvalue weighted by Gasteiger charge is -2.29. The van der Waals surface area contributed by atoms with Gasteiger partial charge in [0.1, 0.15) is 5.82 Å². The minimum Gasteiger partial charge on any atom is -0.383 e. The molecule has 0 aliphatic carbocycles. The molecule has 1 atom stereocenters. The summed E-state index contributed by atoms with van der Waals surface area (Å²) in [5.41, 5.74) is 7.45. The van der Waals surface area contributed by atoms with Crippen LogP contribution in [-0.4, -0.2) is 34.6 Å². The number of carbonyl (C=O) groups excluding carboxylic acids is 1. The minimum absolute atomic E-state index is 0.0433. The van der Waals surface area contributed by atoms with Crippen LogP contribution in [0.1, 0.15) is 46.1 Å². The summed E-state index contributed by atoms with van der Waals surface area (Å²) in [6.45, 7) is 8.91. The summed E-state index contributed by atoms with van der Waals surface area (Å²) in [5, 5.41) is 0. The third kappa shape index (κ3) is 4.68. The van der Waals surface area contributed by atoms with Crippen molar-refractivity contribution in [2.75, 3.05) is 28.6 Å². The monoisotopic (exact) mass is 427 g/mol. The fourth-order valence-electron chi connectivity index (χ4n) is 4.16. The Hall–Kier alpha value is -3.03. The molecule has 2 aromatic rings. The molecule has 1 aliphatic rings. The number of para-hydroxylation sites is 1. The number of fused-ring (bicyclic) bond motifs is 1. The van der Waals surface area contributed by atoms with Crippen molar-refractivity contribution >= 4 is 23.1 Å². The maximum atomic E-state index is 13.5. The van der Waals surface area contributed by atoms with E-state index in [2.05, 4.69) is 22.9 Å². The van der Waals surface area contributed by atoms with E-state index in [9.17, 15) is 14.4 Å². The number of amides is 1. The van der Waals surface area contributed by atoms with E-state index in [0.29, 0.717) is 13.1 Å². The zero-order valence-electron chi connectivity index (χ0n) is 18.9. The third-order valence-electron chi connectivity index (χ3n) is 5.72. The lowest BCUT2D eigenvalue weighted by Crippen LogP contribution is -2.47. The summed E-state index contributed by atoms with van der Waals surface area (Å²) in [7, 11) is 0. The molecule has 1 aromatic carbocycles. The van der Waals surface area contributed by atoms with Crippen molar-refractivity contribution in [2.24, 2.45) is 5.92 Å². The Morgan fingerprint density at radius 2 is 2.00 bits per heavy atom. The van der Waals surface area contributed by atoms with Crippen LogP contribution in [0.5, 0.6) is 0 Å². The number of rotatable bonds is 8. The van der Waals surface area contributed by atoms with E-state index in [1.165, 1.54) is 15.0 Å². The average Bonchev–Trinajstić information content (AvgIpc) is 3.02. The molecular weight excluding hydrogens is 394 g/mol. The second-order valence-electron chi connectivity index (χ2n) is 8.71. The number of nitrogens with zero attached hydrogens (tertiary/aromatic N) is 3. The molecule has 3 rings (SSSR count). The number of nitrogen functional groups attached to an aromatic ring is 1. The van der Waals surface area contributed by atoms with Crippen LogP contribution in [0.3, 0.4) is 0 Å². The Balaban J connectivity index is 1.98. The van der Waals surface area contributed by atoms with Gasteiger partial charge in [0.15, 0.2) is 5.69 Å². The standard InChI is InChI=1S/C23H33N5O3/c1-5-6-11-26(20-21(24)28(13-15(2)3)23(31)25-22(20)30)19(29)14-27-16(4)12-17-9-7-8-10-18(17)27/h7-10,15-16H,5-6,11-14,24H2,1-4H3,(H,25,30,31)/t16-/m0/s1. The van der Waals surface area contributed by atoms with E-state index in [0.717, 1.165) is 24.9 Å². The van der Waals surface area contributed by atoms with E-state index in [4.69, 9.17) is 5.73 Å². The van der Waals surface area contributed by atoms with Gasteiger partial charge in [0.05, 0.1) is 6.54 Å². The zero-order chi connectivity index (χ0) is 22.7. The molecule has 31 heavy (non-hydrogen) atoms. The van der Waals surface area contributed by atoms with Crippen LogP contribution in [0.4, 0.5) is 17.2 Å². The molecule has 0 saturated carbocycles. The Bertz CT molecular complexity index is 1060. The Labute approximate surface area is 182 Å². The maximum absolute atomic E-state index is 13.5. The normalized spacial score (nSPS) is 15.4. The number of aromatic amines is 1. The van der Waals surface area contributed by atoms with Crippen molar-refractivity contribution in [3.05, 3.63) is 50.7 Å². The number of hydrogen-bond acceptors (Lipinski definition) is 5. The summed E-state index contributed by atoms with van der Waals surface area (Å²) in [4.78, 5) is 44.4. The molecule has 3 N–H and O–H groups in total. The molecular formula is C23H33N5O3. The molecule has 1 aliphatic heterocycles. The van der Waals surface area contributed by atoms with Gasteiger partial charge in [-0.15, -0.1) is 0 Å². The van der Waals surface area contributed by atoms with Gasteiger partial charge in [-0.25, -0.2) is 4.79 Å². The van der Waals surface area contributed by atoms with Crippen LogP contribution >= 0.6 is 0 Å². The first-order chi connectivity index (χ1) is 14.7. The summed E-state index contributed by atoms with van der Waals surface area (Å²) in [6, 6.07) is 8.25. The van der Waals surface area contributed by atoms with Crippen LogP contribution in [0, 0.1) is 5.92 Å². The van der Waals surface area contributed by atoms with Gasteiger partial charge in [-0.1, -0.05) is 45.4 Å². The van der Waals surface area contributed by atoms with Crippen molar-refractivity contribution in [2.45, 2.75) is 59.5 Å². The number of carbonyl (C=O) groups is 1. The number of unbranched alkanes of at least 4 members (excludes halogenated alkanes) is 1. The Morgan fingerprint density at radius 1 is 1.29 bits per heavy atom. The van der Waals surface area contributed by atoms with Crippen molar-refractivity contribution in [1.82, 2.24) is 9.55 Å². The quantitative estimate of drug-likeness (QED) is 0.673. The van der Waals surface area contributed by atoms with Gasteiger partial charge >= 0.3 is 5.69 Å². The number of aromatic nitrogens is 2. The van der Waals surface area contributed by atoms with Gasteiger partial charge in [0.2, 0.25) is 5.91 Å². The molecule has 168 valence electrons. The van der Waals surface area contributed by atoms with Gasteiger partial charge in [-0.3, -0.25) is 19.1 Å². The van der Waals surface area contributed by atoms with Gasteiger partial charge in [-0.2, -0.15) is 0 Å². The van der Waals surface area contributed by atoms with E-state index in [-0.39, 0.29) is 35.9 Å². The van der Waals surface area contributed by atoms with Crippen molar-refractivity contribution in [1.29, 1.82) is 0 Å². The molecule has 0 spiro atoms. The molecule has 0 radical (unpaired) electrons. The smallest absolute Gasteiger partial charge is 0.330 e. The number of benzene rings is 1. The zero-order valence-corrected chi connectivity index (χ0v) is 18.9. The SMILES string of the molecule is CCCCN(C(=O)CN1c2ccccc2C[C@@H]1C)c1c(N)n(CC(C)C)c(=O)[nH]c1=O. The van der Waals surface area contributed by atoms with Crippen molar-refractivity contribution < 1.29 is 4.79 Å². The summed E-state index contributed by atoms with van der Waals surface area (Å²) < 4.78 is 1.35. The molecule has 0 unspecified atom stereocenters. The first kappa shape index (κ1) is 22.7. The topological polar surface area (TPSA) is 104 Å². The molecule has 0 bridgehead atoms. The van der Waals surface area contributed by atoms with Crippen LogP contribution in [0.15, 0.2) is 33.9 Å². The van der Waals surface area contributed by atoms with Crippen LogP contribution in [0.2, 0.25) is 0 Å². The highest BCUT2D eigenvalue weighted by atomic mass is 16.2. The van der Waals surface area contributed by atoms with E-state index < -0.39 is 11.2 Å². The first-order valence-corrected chi connectivity index (χ1v) is 11.0. The predicted octanol–water partition coefficient (Wildman–Crippen LogP) is 2.36. The van der Waals surface area contributed by atoms with Crippen molar-refractivity contribution in [3.63, 3.8) is 0 Å². The van der Waals surface area contributed by atoms with E-state index in [1.54, 1.807) is 0 Å². The van der Waals surface area contributed by atoms with Gasteiger partial charge < -0.3 is 15.5 Å². The predicted molar refractivity (Wildman–Crippen MR) is 125 cm³/mol.